The van der Waals surface area contributed by atoms with Gasteiger partial charge in [0, 0.05) is 22.9 Å². The third-order valence-electron chi connectivity index (χ3n) is 4.37. The molecule has 2 aliphatic rings. The summed E-state index contributed by atoms with van der Waals surface area (Å²) in [6.07, 6.45) is 6.94. The lowest BCUT2D eigenvalue weighted by Gasteiger charge is -2.49. The van der Waals surface area contributed by atoms with Gasteiger partial charge in [-0.3, -0.25) is 4.90 Å². The van der Waals surface area contributed by atoms with Crippen LogP contribution >= 0.6 is 11.3 Å². The third kappa shape index (κ3) is 1.47. The number of likely N-dealkylation sites (N-methyl/N-ethyl adjacent to an activating group) is 1. The monoisotopic (exact) mass is 245 g/mol. The van der Waals surface area contributed by atoms with Crippen molar-refractivity contribution in [1.82, 2.24) is 4.90 Å². The molecule has 1 aliphatic heterocycles. The van der Waals surface area contributed by atoms with Gasteiger partial charge in [0.15, 0.2) is 0 Å². The summed E-state index contributed by atoms with van der Waals surface area (Å²) in [6, 6.07) is 2.89. The molecular formula is C15H19NS. The van der Waals surface area contributed by atoms with Gasteiger partial charge in [-0.05, 0) is 36.9 Å². The predicted octanol–water partition coefficient (Wildman–Crippen LogP) is 3.73. The average molecular weight is 245 g/mol. The first-order chi connectivity index (χ1) is 8.17. The molecule has 1 aromatic rings. The molecule has 90 valence electrons. The molecule has 0 bridgehead atoms. The molecule has 0 radical (unpaired) electrons. The van der Waals surface area contributed by atoms with Crippen molar-refractivity contribution in [2.45, 2.75) is 37.8 Å². The lowest BCUT2D eigenvalue weighted by molar-refractivity contribution is 0.139. The molecule has 1 aliphatic carbocycles. The van der Waals surface area contributed by atoms with E-state index in [1.165, 1.54) is 17.6 Å². The highest BCUT2D eigenvalue weighted by molar-refractivity contribution is 7.10. The second-order valence-corrected chi connectivity index (χ2v) is 6.21. The molecule has 3 rings (SSSR count). The van der Waals surface area contributed by atoms with Crippen LogP contribution in [0.1, 0.15) is 30.2 Å². The summed E-state index contributed by atoms with van der Waals surface area (Å²) in [6.45, 7) is 7.54. The maximum Gasteiger partial charge on any atom is 0.0388 e. The van der Waals surface area contributed by atoms with Gasteiger partial charge >= 0.3 is 0 Å². The number of rotatable bonds is 1. The summed E-state index contributed by atoms with van der Waals surface area (Å²) in [5.74, 6) is 0. The minimum absolute atomic E-state index is 0.234. The Labute approximate surface area is 107 Å². The SMILES string of the molecule is C=C1C=C[C@]2(CC)c3sccc3CN(C)[C@H]2C1. The van der Waals surface area contributed by atoms with Crippen molar-refractivity contribution >= 4 is 11.3 Å². The highest BCUT2D eigenvalue weighted by Crippen LogP contribution is 2.48. The van der Waals surface area contributed by atoms with E-state index in [9.17, 15) is 0 Å². The highest BCUT2D eigenvalue weighted by atomic mass is 32.1. The number of thiophene rings is 1. The fourth-order valence-corrected chi connectivity index (χ4v) is 4.63. The minimum atomic E-state index is 0.234. The van der Waals surface area contributed by atoms with Gasteiger partial charge in [-0.15, -0.1) is 11.3 Å². The standard InChI is InChI=1S/C15H19NS/c1-4-15-7-5-11(2)9-13(15)16(3)10-12-6-8-17-14(12)15/h5-8,13H,2,4,9-10H2,1,3H3/t13-,15-/m0/s1. The predicted molar refractivity (Wildman–Crippen MR) is 74.4 cm³/mol. The van der Waals surface area contributed by atoms with Crippen LogP contribution in [0, 0.1) is 0 Å². The molecule has 1 aromatic heterocycles. The fraction of sp³-hybridized carbons (Fsp3) is 0.467. The third-order valence-corrected chi connectivity index (χ3v) is 5.52. The molecule has 0 saturated carbocycles. The van der Waals surface area contributed by atoms with E-state index in [0.717, 1.165) is 13.0 Å². The number of hydrogen-bond donors (Lipinski definition) is 0. The molecule has 2 atom stereocenters. The van der Waals surface area contributed by atoms with E-state index in [1.807, 2.05) is 11.3 Å². The Morgan fingerprint density at radius 3 is 3.18 bits per heavy atom. The maximum absolute atomic E-state index is 4.14. The van der Waals surface area contributed by atoms with Crippen LogP contribution in [0.4, 0.5) is 0 Å². The zero-order valence-corrected chi connectivity index (χ0v) is 11.4. The Morgan fingerprint density at radius 2 is 2.41 bits per heavy atom. The lowest BCUT2D eigenvalue weighted by Crippen LogP contribution is -2.52. The van der Waals surface area contributed by atoms with Gasteiger partial charge in [0.25, 0.3) is 0 Å². The zero-order chi connectivity index (χ0) is 12.0. The van der Waals surface area contributed by atoms with Gasteiger partial charge in [-0.2, -0.15) is 0 Å². The van der Waals surface area contributed by atoms with Crippen LogP contribution in [0.25, 0.3) is 0 Å². The van der Waals surface area contributed by atoms with Crippen molar-refractivity contribution in [2.24, 2.45) is 0 Å². The Balaban J connectivity index is 2.20. The van der Waals surface area contributed by atoms with Gasteiger partial charge in [0.1, 0.15) is 0 Å². The smallest absolute Gasteiger partial charge is 0.0388 e. The molecule has 0 saturated heterocycles. The summed E-state index contributed by atoms with van der Waals surface area (Å²) in [7, 11) is 2.25. The first kappa shape index (κ1) is 11.2. The normalized spacial score (nSPS) is 32.4. The van der Waals surface area contributed by atoms with Gasteiger partial charge in [-0.25, -0.2) is 0 Å². The Morgan fingerprint density at radius 1 is 1.59 bits per heavy atom. The number of hydrogen-bond acceptors (Lipinski definition) is 2. The summed E-state index contributed by atoms with van der Waals surface area (Å²) in [5.41, 5.74) is 3.02. The van der Waals surface area contributed by atoms with E-state index < -0.39 is 0 Å². The van der Waals surface area contributed by atoms with Crippen LogP contribution in [-0.2, 0) is 12.0 Å². The Hall–Kier alpha value is -0.860. The maximum atomic E-state index is 4.14. The average Bonchev–Trinajstić information content (AvgIpc) is 2.78. The molecule has 0 amide bonds. The Kier molecular flexibility index (Phi) is 2.53. The number of nitrogens with zero attached hydrogens (tertiary/aromatic N) is 1. The van der Waals surface area contributed by atoms with Crippen molar-refractivity contribution < 1.29 is 0 Å². The van der Waals surface area contributed by atoms with Gasteiger partial charge in [0.05, 0.1) is 0 Å². The van der Waals surface area contributed by atoms with Crippen molar-refractivity contribution in [1.29, 1.82) is 0 Å². The number of allylic oxidation sites excluding steroid dienone is 1. The van der Waals surface area contributed by atoms with E-state index in [4.69, 9.17) is 0 Å². The van der Waals surface area contributed by atoms with Crippen molar-refractivity contribution in [2.75, 3.05) is 7.05 Å². The van der Waals surface area contributed by atoms with Gasteiger partial charge < -0.3 is 0 Å². The van der Waals surface area contributed by atoms with Crippen LogP contribution in [0.15, 0.2) is 35.8 Å². The first-order valence-corrected chi connectivity index (χ1v) is 7.19. The van der Waals surface area contributed by atoms with Crippen molar-refractivity contribution in [3.05, 3.63) is 46.2 Å². The second kappa shape index (κ2) is 3.82. The van der Waals surface area contributed by atoms with Crippen LogP contribution < -0.4 is 0 Å². The largest absolute Gasteiger partial charge is 0.298 e. The molecule has 0 spiro atoms. The quantitative estimate of drug-likeness (QED) is 0.729. The summed E-state index contributed by atoms with van der Waals surface area (Å²) >= 11 is 1.93. The summed E-state index contributed by atoms with van der Waals surface area (Å²) in [4.78, 5) is 4.10. The topological polar surface area (TPSA) is 3.24 Å². The van der Waals surface area contributed by atoms with E-state index in [0.29, 0.717) is 6.04 Å². The minimum Gasteiger partial charge on any atom is -0.298 e. The molecular weight excluding hydrogens is 226 g/mol. The van der Waals surface area contributed by atoms with Crippen LogP contribution in [0.3, 0.4) is 0 Å². The lowest BCUT2D eigenvalue weighted by atomic mass is 9.67. The molecule has 0 unspecified atom stereocenters. The van der Waals surface area contributed by atoms with Crippen molar-refractivity contribution in [3.63, 3.8) is 0 Å². The molecule has 17 heavy (non-hydrogen) atoms. The van der Waals surface area contributed by atoms with Crippen LogP contribution in [-0.4, -0.2) is 18.0 Å². The molecule has 0 aromatic carbocycles. The molecule has 0 N–H and O–H groups in total. The molecule has 2 heteroatoms. The van der Waals surface area contributed by atoms with Crippen LogP contribution in [0.5, 0.6) is 0 Å². The van der Waals surface area contributed by atoms with Crippen molar-refractivity contribution in [3.8, 4) is 0 Å². The van der Waals surface area contributed by atoms with E-state index >= 15 is 0 Å². The fourth-order valence-electron chi connectivity index (χ4n) is 3.41. The van der Waals surface area contributed by atoms with Gasteiger partial charge in [0.2, 0.25) is 0 Å². The van der Waals surface area contributed by atoms with E-state index in [1.54, 1.807) is 4.88 Å². The summed E-state index contributed by atoms with van der Waals surface area (Å²) in [5, 5.41) is 2.25. The molecule has 0 fully saturated rings. The van der Waals surface area contributed by atoms with E-state index in [2.05, 4.69) is 49.0 Å². The van der Waals surface area contributed by atoms with Gasteiger partial charge in [-0.1, -0.05) is 31.2 Å². The molecule has 1 nitrogen and oxygen atoms in total. The Bertz CT molecular complexity index is 485. The molecule has 2 heterocycles. The second-order valence-electron chi connectivity index (χ2n) is 5.30. The zero-order valence-electron chi connectivity index (χ0n) is 10.6. The highest BCUT2D eigenvalue weighted by Gasteiger charge is 2.46. The number of fused-ring (bicyclic) bond motifs is 3. The van der Waals surface area contributed by atoms with E-state index in [-0.39, 0.29) is 5.41 Å². The first-order valence-electron chi connectivity index (χ1n) is 6.31. The summed E-state index contributed by atoms with van der Waals surface area (Å²) < 4.78 is 0. The van der Waals surface area contributed by atoms with Crippen LogP contribution in [0.2, 0.25) is 0 Å².